The minimum atomic E-state index is -3.94. The molecular weight excluding hydrogens is 354 g/mol. The molecule has 1 aliphatic heterocycles. The number of allylic oxidation sites excluding steroid dienone is 1. The lowest BCUT2D eigenvalue weighted by Gasteiger charge is -2.25. The molecule has 7 nitrogen and oxygen atoms in total. The second kappa shape index (κ2) is 6.60. The first-order valence-electron chi connectivity index (χ1n) is 8.36. The average molecular weight is 375 g/mol. The van der Waals surface area contributed by atoms with Gasteiger partial charge in [0.1, 0.15) is 5.69 Å². The molecule has 0 bridgehead atoms. The lowest BCUT2D eigenvalue weighted by molar-refractivity contribution is 0.586. The van der Waals surface area contributed by atoms with Gasteiger partial charge >= 0.3 is 5.69 Å². The second-order valence-corrected chi connectivity index (χ2v) is 8.07. The van der Waals surface area contributed by atoms with Gasteiger partial charge in [0.2, 0.25) is 0 Å². The van der Waals surface area contributed by atoms with Gasteiger partial charge in [-0.05, 0) is 26.0 Å². The van der Waals surface area contributed by atoms with Crippen LogP contribution in [0.4, 0.5) is 5.69 Å². The van der Waals surface area contributed by atoms with Crippen molar-refractivity contribution in [1.82, 2.24) is 9.13 Å². The Labute approximate surface area is 151 Å². The Morgan fingerprint density at radius 2 is 1.73 bits per heavy atom. The lowest BCUT2D eigenvalue weighted by Crippen LogP contribution is -2.45. The predicted molar refractivity (Wildman–Crippen MR) is 100 cm³/mol. The van der Waals surface area contributed by atoms with Gasteiger partial charge in [-0.25, -0.2) is 13.2 Å². The number of hydrogen-bond donors (Lipinski definition) is 0. The average Bonchev–Trinajstić information content (AvgIpc) is 2.84. The van der Waals surface area contributed by atoms with Crippen molar-refractivity contribution in [1.29, 1.82) is 0 Å². The Hall–Kier alpha value is -2.61. The highest BCUT2D eigenvalue weighted by Gasteiger charge is 2.31. The number of aromatic nitrogens is 2. The molecular formula is C18H21N3O4S. The summed E-state index contributed by atoms with van der Waals surface area (Å²) in [7, 11) is -2.57. The summed E-state index contributed by atoms with van der Waals surface area (Å²) in [5, 5.41) is 0. The first kappa shape index (κ1) is 18.2. The first-order valence-corrected chi connectivity index (χ1v) is 9.80. The molecule has 1 aliphatic rings. The van der Waals surface area contributed by atoms with Crippen molar-refractivity contribution < 1.29 is 8.42 Å². The predicted octanol–water partition coefficient (Wildman–Crippen LogP) is 1.18. The zero-order valence-electron chi connectivity index (χ0n) is 15.0. The maximum atomic E-state index is 13.2. The number of nitrogens with zero attached hydrogens (tertiary/aromatic N) is 3. The van der Waals surface area contributed by atoms with Crippen LogP contribution in [0.15, 0.2) is 50.9 Å². The number of anilines is 1. The van der Waals surface area contributed by atoms with Crippen molar-refractivity contribution in [2.24, 2.45) is 7.05 Å². The van der Waals surface area contributed by atoms with E-state index in [9.17, 15) is 18.0 Å². The molecule has 0 N–H and O–H groups in total. The van der Waals surface area contributed by atoms with Gasteiger partial charge in [0.15, 0.2) is 0 Å². The molecule has 1 aromatic heterocycles. The molecule has 26 heavy (non-hydrogen) atoms. The van der Waals surface area contributed by atoms with E-state index in [0.717, 1.165) is 14.4 Å². The largest absolute Gasteiger partial charge is 0.331 e. The number of benzene rings is 1. The second-order valence-electron chi connectivity index (χ2n) is 6.21. The van der Waals surface area contributed by atoms with E-state index < -0.39 is 21.3 Å². The van der Waals surface area contributed by atoms with Crippen molar-refractivity contribution in [3.8, 4) is 0 Å². The summed E-state index contributed by atoms with van der Waals surface area (Å²) in [5.74, 6) is 0. The highest BCUT2D eigenvalue weighted by molar-refractivity contribution is 7.92. The summed E-state index contributed by atoms with van der Waals surface area (Å²) in [6.07, 6.45) is 3.82. The fourth-order valence-electron chi connectivity index (χ4n) is 3.09. The number of sulfonamides is 1. The number of hydrogen-bond acceptors (Lipinski definition) is 4. The van der Waals surface area contributed by atoms with Crippen LogP contribution in [0, 0.1) is 6.92 Å². The zero-order valence-corrected chi connectivity index (χ0v) is 15.8. The van der Waals surface area contributed by atoms with Crippen LogP contribution in [0.1, 0.15) is 18.2 Å². The van der Waals surface area contributed by atoms with Crippen LogP contribution < -0.4 is 15.6 Å². The van der Waals surface area contributed by atoms with Crippen molar-refractivity contribution in [2.75, 3.05) is 10.8 Å². The summed E-state index contributed by atoms with van der Waals surface area (Å²) in [5.41, 5.74) is 0.355. The van der Waals surface area contributed by atoms with Gasteiger partial charge in [0, 0.05) is 20.0 Å². The fraction of sp³-hybridized carbons (Fsp3) is 0.333. The van der Waals surface area contributed by atoms with Crippen LogP contribution in [-0.4, -0.2) is 24.1 Å². The van der Waals surface area contributed by atoms with E-state index in [1.54, 1.807) is 31.2 Å². The lowest BCUT2D eigenvalue weighted by atomic mass is 10.2. The topological polar surface area (TPSA) is 81.4 Å². The van der Waals surface area contributed by atoms with Crippen LogP contribution in [0.2, 0.25) is 0 Å². The van der Waals surface area contributed by atoms with Crippen LogP contribution in [0.3, 0.4) is 0 Å². The molecule has 0 saturated carbocycles. The monoisotopic (exact) mass is 375 g/mol. The number of aryl methyl sites for hydroxylation is 1. The fourth-order valence-corrected chi connectivity index (χ4v) is 4.53. The molecule has 0 unspecified atom stereocenters. The Morgan fingerprint density at radius 3 is 2.35 bits per heavy atom. The van der Waals surface area contributed by atoms with Crippen LogP contribution in [0.25, 0.3) is 0 Å². The van der Waals surface area contributed by atoms with Gasteiger partial charge in [0.25, 0.3) is 15.6 Å². The van der Waals surface area contributed by atoms with Gasteiger partial charge in [-0.3, -0.25) is 18.2 Å². The Bertz CT molecular complexity index is 1090. The highest BCUT2D eigenvalue weighted by atomic mass is 32.2. The van der Waals surface area contributed by atoms with Gasteiger partial charge < -0.3 is 0 Å². The van der Waals surface area contributed by atoms with E-state index in [0.29, 0.717) is 18.7 Å². The van der Waals surface area contributed by atoms with Crippen molar-refractivity contribution in [3.05, 3.63) is 68.5 Å². The van der Waals surface area contributed by atoms with Crippen molar-refractivity contribution in [2.45, 2.75) is 31.7 Å². The first-order chi connectivity index (χ1) is 12.3. The van der Waals surface area contributed by atoms with Crippen LogP contribution in [0.5, 0.6) is 0 Å². The van der Waals surface area contributed by atoms with E-state index in [2.05, 4.69) is 0 Å². The van der Waals surface area contributed by atoms with Gasteiger partial charge in [-0.15, -0.1) is 0 Å². The zero-order chi connectivity index (χ0) is 19.1. The molecule has 2 aromatic rings. The number of fused-ring (bicyclic) bond motifs is 1. The quantitative estimate of drug-likeness (QED) is 0.755. The molecule has 0 amide bonds. The van der Waals surface area contributed by atoms with Crippen molar-refractivity contribution >= 4 is 15.7 Å². The Kier molecular flexibility index (Phi) is 4.62. The standard InChI is InChI=1S/C18H21N3O4S/c1-4-20-15-7-5-6-12-21(16(15)17(22)19(3)18(20)23)26(24,25)14-10-8-13(2)9-11-14/h5-6,8-11H,4,7,12H2,1-3H3. The summed E-state index contributed by atoms with van der Waals surface area (Å²) in [6.45, 7) is 4.05. The van der Waals surface area contributed by atoms with Gasteiger partial charge in [-0.1, -0.05) is 29.8 Å². The van der Waals surface area contributed by atoms with Crippen LogP contribution in [-0.2, 0) is 30.0 Å². The normalized spacial score (nSPS) is 14.2. The highest BCUT2D eigenvalue weighted by Crippen LogP contribution is 2.26. The van der Waals surface area contributed by atoms with Gasteiger partial charge in [-0.2, -0.15) is 0 Å². The molecule has 8 heteroatoms. The maximum Gasteiger partial charge on any atom is 0.331 e. The van der Waals surface area contributed by atoms with Gasteiger partial charge in [0.05, 0.1) is 17.1 Å². The molecule has 1 aromatic carbocycles. The molecule has 0 spiro atoms. The van der Waals surface area contributed by atoms with E-state index in [4.69, 9.17) is 0 Å². The molecule has 0 fully saturated rings. The SMILES string of the molecule is CCn1c2c(c(=O)n(C)c1=O)N(S(=O)(=O)c1ccc(C)cc1)CC=CC2. The van der Waals surface area contributed by atoms with E-state index >= 15 is 0 Å². The summed E-state index contributed by atoms with van der Waals surface area (Å²) in [4.78, 5) is 25.3. The molecule has 0 saturated heterocycles. The molecule has 3 rings (SSSR count). The summed E-state index contributed by atoms with van der Waals surface area (Å²) < 4.78 is 30.0. The molecule has 0 aliphatic carbocycles. The third kappa shape index (κ3) is 2.80. The summed E-state index contributed by atoms with van der Waals surface area (Å²) in [6, 6.07) is 6.48. The van der Waals surface area contributed by atoms with E-state index in [1.807, 2.05) is 6.92 Å². The third-order valence-corrected chi connectivity index (χ3v) is 6.33. The Morgan fingerprint density at radius 1 is 1.08 bits per heavy atom. The van der Waals surface area contributed by atoms with Crippen molar-refractivity contribution in [3.63, 3.8) is 0 Å². The number of rotatable bonds is 3. The third-order valence-electron chi connectivity index (χ3n) is 4.55. The van der Waals surface area contributed by atoms with E-state index in [-0.39, 0.29) is 17.1 Å². The minimum Gasteiger partial charge on any atom is -0.295 e. The summed E-state index contributed by atoms with van der Waals surface area (Å²) >= 11 is 0. The molecule has 0 atom stereocenters. The maximum absolute atomic E-state index is 13.2. The molecule has 0 radical (unpaired) electrons. The minimum absolute atomic E-state index is 0.0412. The van der Waals surface area contributed by atoms with Crippen LogP contribution >= 0.6 is 0 Å². The molecule has 138 valence electrons. The smallest absolute Gasteiger partial charge is 0.295 e. The van der Waals surface area contributed by atoms with E-state index in [1.165, 1.54) is 23.7 Å². The molecule has 2 heterocycles. The Balaban J connectivity index is 2.32.